The quantitative estimate of drug-likeness (QED) is 0.357. The van der Waals surface area contributed by atoms with Gasteiger partial charge in [-0.25, -0.2) is 0 Å². The van der Waals surface area contributed by atoms with Crippen LogP contribution in [0.3, 0.4) is 0 Å². The van der Waals surface area contributed by atoms with Crippen molar-refractivity contribution in [2.45, 2.75) is 0 Å². The minimum atomic E-state index is 0.250. The molecule has 0 aliphatic rings. The second kappa shape index (κ2) is 1.30. The first-order valence-electron chi connectivity index (χ1n) is 1.79. The highest BCUT2D eigenvalue weighted by Crippen LogP contribution is 0.864. The average Bonchev–Trinajstić information content (AvgIpc) is 0.722. The fourth-order valence-corrected chi connectivity index (χ4v) is 0. The molecule has 0 unspecified atom stereocenters. The van der Waals surface area contributed by atoms with E-state index in [2.05, 4.69) is 0 Å². The third-order valence-corrected chi connectivity index (χ3v) is 0. The largest absolute Gasteiger partial charge is 0.347 e. The molecular weight excluding hydrogens is 50.0 g/mol. The van der Waals surface area contributed by atoms with Gasteiger partial charge in [-0.15, -0.1) is 0 Å². The molecule has 26 valence electrons. The van der Waals surface area contributed by atoms with E-state index in [1.54, 1.807) is 21.1 Å². The summed E-state index contributed by atoms with van der Waals surface area (Å²) in [5.74, 6) is 0. The van der Waals surface area contributed by atoms with E-state index in [0.29, 0.717) is 0 Å². The molecule has 1 nitrogen and oxygen atoms in total. The topological polar surface area (TPSA) is 4.44 Å². The highest BCUT2D eigenvalue weighted by Gasteiger charge is 1.61. The molecule has 1 heteroatoms. The summed E-state index contributed by atoms with van der Waals surface area (Å²) in [5.41, 5.74) is 0. The van der Waals surface area contributed by atoms with Gasteiger partial charge in [0.05, 0.1) is 21.1 Å². The van der Waals surface area contributed by atoms with Crippen LogP contribution in [-0.2, 0) is 0 Å². The van der Waals surface area contributed by atoms with E-state index in [4.69, 9.17) is 1.41 Å². The molecule has 0 aromatic heterocycles. The fraction of sp³-hybridized carbons (Fsp3) is 1.00. The Morgan fingerprint density at radius 3 is 1.50 bits per heavy atom. The number of rotatable bonds is 0. The smallest absolute Gasteiger partial charge is 0.342 e. The van der Waals surface area contributed by atoms with Crippen molar-refractivity contribution in [1.82, 2.24) is 0 Å². The Morgan fingerprint density at radius 1 is 1.50 bits per heavy atom. The molecule has 0 fully saturated rings. The van der Waals surface area contributed by atoms with E-state index in [-0.39, 0.29) is 4.89 Å². The highest BCUT2D eigenvalue weighted by atomic mass is 15.0. The van der Waals surface area contributed by atoms with Crippen molar-refractivity contribution in [2.75, 3.05) is 21.1 Å². The lowest BCUT2D eigenvalue weighted by atomic mass is 11.0. The molecule has 0 saturated heterocycles. The Balaban J connectivity index is 3.02. The van der Waals surface area contributed by atoms with Gasteiger partial charge in [0.25, 0.3) is 0 Å². The fourth-order valence-electron chi connectivity index (χ4n) is 0. The van der Waals surface area contributed by atoms with Gasteiger partial charge in [-0.05, 0) is 0 Å². The number of quaternary nitrogens is 1. The van der Waals surface area contributed by atoms with E-state index in [1.165, 1.54) is 0 Å². The minimum absolute atomic E-state index is 0.250. The van der Waals surface area contributed by atoms with Crippen LogP contribution >= 0.6 is 0 Å². The van der Waals surface area contributed by atoms with Crippen LogP contribution in [0.5, 0.6) is 0 Å². The van der Waals surface area contributed by atoms with E-state index < -0.39 is 0 Å². The van der Waals surface area contributed by atoms with Crippen molar-refractivity contribution in [3.05, 3.63) is 0 Å². The molecule has 0 atom stereocenters. The monoisotopic (exact) mass is 61.1 g/mol. The van der Waals surface area contributed by atoms with Crippen LogP contribution in [0.4, 0.5) is 0 Å². The van der Waals surface area contributed by atoms with E-state index >= 15 is 0 Å². The molecule has 0 heterocycles. The van der Waals surface area contributed by atoms with E-state index in [9.17, 15) is 0 Å². The lowest BCUT2D eigenvalue weighted by Gasteiger charge is -1.88. The zero-order chi connectivity index (χ0) is 4.50. The van der Waals surface area contributed by atoms with Crippen molar-refractivity contribution in [3.63, 3.8) is 0 Å². The normalized spacial score (nSPS) is 15.2. The molecule has 1 N–H and O–H groups in total. The molecule has 0 aromatic rings. The lowest BCUT2D eigenvalue weighted by molar-refractivity contribution is -0.836. The van der Waals surface area contributed by atoms with Crippen LogP contribution < -0.4 is 4.89 Å². The van der Waals surface area contributed by atoms with Crippen LogP contribution in [0, 0.1) is 0 Å². The van der Waals surface area contributed by atoms with Crippen LogP contribution in [0.25, 0.3) is 0 Å². The Morgan fingerprint density at radius 2 is 1.50 bits per heavy atom. The van der Waals surface area contributed by atoms with Gasteiger partial charge in [-0.1, -0.05) is 0 Å². The summed E-state index contributed by atoms with van der Waals surface area (Å²) >= 11 is 0. The summed E-state index contributed by atoms with van der Waals surface area (Å²) in [6, 6.07) is 0. The van der Waals surface area contributed by atoms with Gasteiger partial charge >= 0.3 is 1.41 Å². The van der Waals surface area contributed by atoms with Gasteiger partial charge in [-0.3, -0.25) is 0 Å². The van der Waals surface area contributed by atoms with Gasteiger partial charge in [-0.2, -0.15) is 0 Å². The van der Waals surface area contributed by atoms with Crippen molar-refractivity contribution >= 4 is 0 Å². The zero-order valence-electron chi connectivity index (χ0n) is 4.45. The number of hydrogen-bond acceptors (Lipinski definition) is 0. The van der Waals surface area contributed by atoms with Crippen molar-refractivity contribution in [2.24, 2.45) is 0 Å². The molecule has 0 aliphatic heterocycles. The SMILES string of the molecule is [2H][N+](C)(C)C. The molecule has 0 saturated carbocycles. The predicted octanol–water partition coefficient (Wildman–Crippen LogP) is -1.24. The first-order chi connectivity index (χ1) is 2.00. The summed E-state index contributed by atoms with van der Waals surface area (Å²) < 4.78 is 6.88. The van der Waals surface area contributed by atoms with Crippen molar-refractivity contribution < 1.29 is 6.30 Å². The zero-order valence-corrected chi connectivity index (χ0v) is 3.45. The van der Waals surface area contributed by atoms with Gasteiger partial charge in [0.1, 0.15) is 0 Å². The maximum atomic E-state index is 6.88. The van der Waals surface area contributed by atoms with Gasteiger partial charge in [0, 0.05) is 0 Å². The summed E-state index contributed by atoms with van der Waals surface area (Å²) in [5, 5.41) is 0. The van der Waals surface area contributed by atoms with Gasteiger partial charge < -0.3 is 4.89 Å². The molecule has 0 bridgehead atoms. The first-order valence-corrected chi connectivity index (χ1v) is 1.34. The minimum Gasteiger partial charge on any atom is -0.342 e. The molecule has 0 radical (unpaired) electrons. The Labute approximate surface area is 28.7 Å². The molecule has 0 spiro atoms. The second-order valence-corrected chi connectivity index (χ2v) is 1.34. The number of nitrogens with one attached hydrogen (secondary N) is 1. The molecule has 0 aromatic carbocycles. The summed E-state index contributed by atoms with van der Waals surface area (Å²) in [7, 11) is 5.38. The number of hydrogen-bond donors (Lipinski definition) is 1. The third kappa shape index (κ3) is 1130. The van der Waals surface area contributed by atoms with Crippen LogP contribution in [-0.4, -0.2) is 21.1 Å². The third-order valence-electron chi connectivity index (χ3n) is 0. The van der Waals surface area contributed by atoms with Gasteiger partial charge in [0.2, 0.25) is 0 Å². The summed E-state index contributed by atoms with van der Waals surface area (Å²) in [6.07, 6.45) is 0. The Kier molecular flexibility index (Phi) is 0.718. The molecule has 0 rings (SSSR count). The average molecular weight is 61.1 g/mol. The maximum absolute atomic E-state index is 6.88. The molecule has 0 amide bonds. The van der Waals surface area contributed by atoms with Crippen LogP contribution in [0.2, 0.25) is 1.41 Å². The summed E-state index contributed by atoms with van der Waals surface area (Å²) in [4.78, 5) is 0.250. The molecular formula is C3H10N+. The van der Waals surface area contributed by atoms with Crippen LogP contribution in [0.1, 0.15) is 0 Å². The second-order valence-electron chi connectivity index (χ2n) is 1.34. The molecule has 0 aliphatic carbocycles. The Bertz CT molecular complexity index is 22.4. The van der Waals surface area contributed by atoms with E-state index in [0.717, 1.165) is 0 Å². The van der Waals surface area contributed by atoms with E-state index in [1.807, 2.05) is 0 Å². The first kappa shape index (κ1) is 2.21. The standard InChI is InChI=1S/C3H9N/c1-4(2)3/h1-3H3/p+1/i/hD. The van der Waals surface area contributed by atoms with Crippen molar-refractivity contribution in [3.8, 4) is 0 Å². The van der Waals surface area contributed by atoms with Crippen molar-refractivity contribution in [1.29, 1.82) is 0 Å². The highest BCUT2D eigenvalue weighted by molar-refractivity contribution is 3.59. The van der Waals surface area contributed by atoms with Gasteiger partial charge in [0.15, 0.2) is 0 Å². The van der Waals surface area contributed by atoms with Crippen LogP contribution in [0.15, 0.2) is 0 Å². The maximum Gasteiger partial charge on any atom is 0.347 e. The lowest BCUT2D eigenvalue weighted by Crippen LogP contribution is -3.02. The Hall–Kier alpha value is -0.0400. The molecule has 4 heavy (non-hydrogen) atoms. The summed E-state index contributed by atoms with van der Waals surface area (Å²) in [6.45, 7) is 0. The predicted molar refractivity (Wildman–Crippen MR) is 18.7 cm³/mol.